The number of carbonyl (C=O) groups excluding carboxylic acids is 3. The van der Waals surface area contributed by atoms with Gasteiger partial charge in [-0.2, -0.15) is 4.31 Å². The van der Waals surface area contributed by atoms with Crippen LogP contribution in [0.15, 0.2) is 59.5 Å². The van der Waals surface area contributed by atoms with Crippen LogP contribution in [0.4, 0.5) is 5.69 Å². The highest BCUT2D eigenvalue weighted by Crippen LogP contribution is 2.34. The van der Waals surface area contributed by atoms with Crippen molar-refractivity contribution in [3.8, 4) is 0 Å². The zero-order valence-electron chi connectivity index (χ0n) is 23.0. The zero-order valence-corrected chi connectivity index (χ0v) is 23.9. The monoisotopic (exact) mass is 554 g/mol. The topological polar surface area (TPSA) is 107 Å². The Kier molecular flexibility index (Phi) is 8.76. The average Bonchev–Trinajstić information content (AvgIpc) is 3.50. The van der Waals surface area contributed by atoms with Crippen LogP contribution in [-0.2, 0) is 19.6 Å². The molecule has 3 unspecified atom stereocenters. The molecule has 2 aliphatic heterocycles. The molecule has 0 aromatic heterocycles. The van der Waals surface area contributed by atoms with Crippen LogP contribution >= 0.6 is 0 Å². The van der Waals surface area contributed by atoms with Gasteiger partial charge in [-0.25, -0.2) is 8.42 Å². The lowest BCUT2D eigenvalue weighted by Crippen LogP contribution is -2.53. The first kappa shape index (κ1) is 28.8. The van der Waals surface area contributed by atoms with Crippen LogP contribution in [0.2, 0.25) is 0 Å². The van der Waals surface area contributed by atoms with Crippen molar-refractivity contribution in [3.05, 3.63) is 60.2 Å². The fraction of sp³-hybridized carbons (Fsp3) is 0.483. The van der Waals surface area contributed by atoms with E-state index in [0.29, 0.717) is 18.4 Å². The summed E-state index contributed by atoms with van der Waals surface area (Å²) in [4.78, 5) is 43.8. The summed E-state index contributed by atoms with van der Waals surface area (Å²) in [6.07, 6.45) is 0.763. The molecule has 2 fully saturated rings. The third-order valence-electron chi connectivity index (χ3n) is 7.58. The molecule has 3 atom stereocenters. The molecule has 39 heavy (non-hydrogen) atoms. The van der Waals surface area contributed by atoms with Gasteiger partial charge in [0, 0.05) is 30.9 Å². The van der Waals surface area contributed by atoms with Gasteiger partial charge in [0.15, 0.2) is 5.78 Å². The number of nitrogens with zero attached hydrogens (tertiary/aromatic N) is 3. The van der Waals surface area contributed by atoms with Crippen LogP contribution in [-0.4, -0.2) is 79.5 Å². The molecular weight excluding hydrogens is 516 g/mol. The summed E-state index contributed by atoms with van der Waals surface area (Å²) in [6.45, 7) is 9.77. The molecule has 210 valence electrons. The first-order chi connectivity index (χ1) is 18.6. The molecule has 2 saturated heterocycles. The molecule has 0 aliphatic carbocycles. The van der Waals surface area contributed by atoms with Crippen molar-refractivity contribution in [2.24, 2.45) is 5.92 Å². The number of hydrogen-bond donors (Lipinski definition) is 1. The van der Waals surface area contributed by atoms with Gasteiger partial charge in [0.05, 0.1) is 17.5 Å². The predicted molar refractivity (Wildman–Crippen MR) is 150 cm³/mol. The second kappa shape index (κ2) is 11.9. The van der Waals surface area contributed by atoms with Gasteiger partial charge in [-0.05, 0) is 69.0 Å². The molecule has 9 nitrogen and oxygen atoms in total. The normalized spacial score (nSPS) is 20.2. The summed E-state index contributed by atoms with van der Waals surface area (Å²) in [5.41, 5.74) is 1.47. The molecule has 0 bridgehead atoms. The highest BCUT2D eigenvalue weighted by Gasteiger charge is 2.54. The number of sulfonamides is 1. The van der Waals surface area contributed by atoms with E-state index in [1.165, 1.54) is 21.3 Å². The van der Waals surface area contributed by atoms with Gasteiger partial charge >= 0.3 is 0 Å². The number of likely N-dealkylation sites (tertiary alicyclic amines) is 1. The lowest BCUT2D eigenvalue weighted by molar-refractivity contribution is -0.138. The number of carbonyl (C=O) groups is 3. The minimum absolute atomic E-state index is 0.108. The number of amides is 2. The molecule has 10 heteroatoms. The van der Waals surface area contributed by atoms with E-state index in [-0.39, 0.29) is 41.5 Å². The van der Waals surface area contributed by atoms with E-state index in [0.717, 1.165) is 18.8 Å². The average molecular weight is 555 g/mol. The number of fused-ring (bicyclic) bond motifs is 1. The molecule has 0 saturated carbocycles. The van der Waals surface area contributed by atoms with Crippen LogP contribution in [0.3, 0.4) is 0 Å². The third kappa shape index (κ3) is 5.86. The van der Waals surface area contributed by atoms with Crippen molar-refractivity contribution < 1.29 is 22.8 Å². The molecule has 0 spiro atoms. The number of benzene rings is 2. The maximum Gasteiger partial charge on any atom is 0.251 e. The van der Waals surface area contributed by atoms with Crippen LogP contribution < -0.4 is 10.2 Å². The van der Waals surface area contributed by atoms with Gasteiger partial charge in [0.2, 0.25) is 15.9 Å². The maximum absolute atomic E-state index is 13.8. The molecule has 2 aliphatic rings. The van der Waals surface area contributed by atoms with Gasteiger partial charge in [-0.3, -0.25) is 14.4 Å². The lowest BCUT2D eigenvalue weighted by atomic mass is 10.0. The number of rotatable bonds is 10. The van der Waals surface area contributed by atoms with Crippen molar-refractivity contribution in [1.29, 1.82) is 0 Å². The second-order valence-corrected chi connectivity index (χ2v) is 12.4. The third-order valence-corrected chi connectivity index (χ3v) is 9.46. The number of hydrogen-bond acceptors (Lipinski definition) is 6. The van der Waals surface area contributed by atoms with Crippen LogP contribution in [0.5, 0.6) is 0 Å². The SMILES string of the molecule is CCN(CC)c1ccc(C(=O)NC(CC(C)C)C(=O)N2CCC3C2C(=O)CN3S(=O)(=O)c2ccccc2)cc1. The lowest BCUT2D eigenvalue weighted by Gasteiger charge is -2.29. The van der Waals surface area contributed by atoms with Crippen LogP contribution in [0.1, 0.15) is 50.9 Å². The van der Waals surface area contributed by atoms with Crippen molar-refractivity contribution in [2.45, 2.75) is 63.6 Å². The van der Waals surface area contributed by atoms with Gasteiger partial charge in [-0.15, -0.1) is 0 Å². The Bertz CT molecular complexity index is 1290. The summed E-state index contributed by atoms with van der Waals surface area (Å²) in [5, 5.41) is 2.89. The summed E-state index contributed by atoms with van der Waals surface area (Å²) in [5.74, 6) is -0.901. The van der Waals surface area contributed by atoms with Gasteiger partial charge in [-0.1, -0.05) is 32.0 Å². The van der Waals surface area contributed by atoms with Gasteiger partial charge in [0.1, 0.15) is 12.1 Å². The molecule has 2 aromatic rings. The molecule has 2 heterocycles. The number of Topliss-reactive ketones (excluding diaryl/α,β-unsaturated/α-hetero) is 1. The Morgan fingerprint density at radius 2 is 1.67 bits per heavy atom. The Morgan fingerprint density at radius 1 is 1.03 bits per heavy atom. The largest absolute Gasteiger partial charge is 0.372 e. The van der Waals surface area contributed by atoms with Gasteiger partial charge < -0.3 is 15.1 Å². The minimum Gasteiger partial charge on any atom is -0.372 e. The molecule has 2 aromatic carbocycles. The second-order valence-electron chi connectivity index (χ2n) is 10.5. The molecule has 2 amide bonds. The highest BCUT2D eigenvalue weighted by molar-refractivity contribution is 7.89. The Labute approximate surface area is 231 Å². The molecule has 4 rings (SSSR count). The fourth-order valence-electron chi connectivity index (χ4n) is 5.62. The standard InChI is InChI=1S/C29H38N4O5S/c1-5-31(6-2)22-14-12-21(13-15-22)28(35)30-24(18-20(3)4)29(36)32-17-16-25-27(32)26(34)19-33(25)39(37,38)23-10-8-7-9-11-23/h7-15,20,24-25,27H,5-6,16-19H2,1-4H3,(H,30,35). The first-order valence-electron chi connectivity index (χ1n) is 13.6. The summed E-state index contributed by atoms with van der Waals surface area (Å²) in [7, 11) is -3.88. The number of nitrogens with one attached hydrogen (secondary N) is 1. The molecular formula is C29H38N4O5S. The van der Waals surface area contributed by atoms with E-state index in [9.17, 15) is 22.8 Å². The first-order valence-corrected chi connectivity index (χ1v) is 15.1. The number of ketones is 1. The molecule has 0 radical (unpaired) electrons. The maximum atomic E-state index is 13.8. The van der Waals surface area contributed by atoms with E-state index >= 15 is 0 Å². The number of anilines is 1. The fourth-order valence-corrected chi connectivity index (χ4v) is 7.26. The zero-order chi connectivity index (χ0) is 28.3. The van der Waals surface area contributed by atoms with E-state index in [1.807, 2.05) is 26.0 Å². The summed E-state index contributed by atoms with van der Waals surface area (Å²) >= 11 is 0. The predicted octanol–water partition coefficient (Wildman–Crippen LogP) is 2.92. The van der Waals surface area contributed by atoms with Crippen molar-refractivity contribution in [2.75, 3.05) is 31.1 Å². The minimum atomic E-state index is -3.88. The van der Waals surface area contributed by atoms with Gasteiger partial charge in [0.25, 0.3) is 5.91 Å². The Balaban J connectivity index is 1.51. The van der Waals surface area contributed by atoms with Crippen LogP contribution in [0, 0.1) is 5.92 Å². The molecule has 1 N–H and O–H groups in total. The Morgan fingerprint density at radius 3 is 2.26 bits per heavy atom. The Hall–Kier alpha value is -3.24. The van der Waals surface area contributed by atoms with Crippen molar-refractivity contribution in [3.63, 3.8) is 0 Å². The van der Waals surface area contributed by atoms with E-state index in [1.54, 1.807) is 30.3 Å². The van der Waals surface area contributed by atoms with Crippen LogP contribution in [0.25, 0.3) is 0 Å². The van der Waals surface area contributed by atoms with E-state index in [2.05, 4.69) is 24.1 Å². The van der Waals surface area contributed by atoms with E-state index in [4.69, 9.17) is 0 Å². The highest BCUT2D eigenvalue weighted by atomic mass is 32.2. The summed E-state index contributed by atoms with van der Waals surface area (Å²) in [6, 6.07) is 13.0. The van der Waals surface area contributed by atoms with Crippen molar-refractivity contribution in [1.82, 2.24) is 14.5 Å². The van der Waals surface area contributed by atoms with E-state index < -0.39 is 28.1 Å². The summed E-state index contributed by atoms with van der Waals surface area (Å²) < 4.78 is 27.8. The smallest absolute Gasteiger partial charge is 0.251 e. The van der Waals surface area contributed by atoms with Crippen molar-refractivity contribution >= 4 is 33.3 Å². The quantitative estimate of drug-likeness (QED) is 0.484.